The standard InChI is InChI=1S/C53H48N2O9/c1-30-7-6-8-40(49(30)56)46-39-23-24-41-47(52(59)54(50(41)57)35-17-11-31(12-18-35)9-15-33-27-37(61-2)21-25-44(33)63-4)42(39)29-43-48(46)53(60)55(51(43)58)36-19-13-32(14-20-36)10-16-34-28-38(62-3)22-26-45(34)64-5/h6-23,25-28,41-43,46-48,56H,24,29H2,1-5H3/t41-,42+,43+,46+,47-,48+/m0/s1. The molecule has 9 rings (SSSR count). The van der Waals surface area contributed by atoms with Crippen molar-refractivity contribution in [1.29, 1.82) is 0 Å². The molecule has 5 aromatic carbocycles. The molecule has 4 aliphatic rings. The molecule has 64 heavy (non-hydrogen) atoms. The van der Waals surface area contributed by atoms with Gasteiger partial charge in [0.1, 0.15) is 28.7 Å². The number of hydrogen-bond donors (Lipinski definition) is 1. The van der Waals surface area contributed by atoms with Gasteiger partial charge in [0.2, 0.25) is 23.6 Å². The van der Waals surface area contributed by atoms with Gasteiger partial charge in [0.25, 0.3) is 0 Å². The third-order valence-corrected chi connectivity index (χ3v) is 13.3. The van der Waals surface area contributed by atoms with Gasteiger partial charge in [-0.05, 0) is 103 Å². The molecule has 1 N–H and O–H groups in total. The summed E-state index contributed by atoms with van der Waals surface area (Å²) in [6, 6.07) is 30.9. The summed E-state index contributed by atoms with van der Waals surface area (Å²) < 4.78 is 21.8. The summed E-state index contributed by atoms with van der Waals surface area (Å²) in [4.78, 5) is 60.9. The van der Waals surface area contributed by atoms with Crippen LogP contribution in [0.1, 0.15) is 52.1 Å². The van der Waals surface area contributed by atoms with Crippen molar-refractivity contribution in [3.05, 3.63) is 148 Å². The molecule has 0 radical (unpaired) electrons. The van der Waals surface area contributed by atoms with Crippen molar-refractivity contribution in [1.82, 2.24) is 0 Å². The van der Waals surface area contributed by atoms with Gasteiger partial charge in [0, 0.05) is 22.6 Å². The normalized spacial score (nSPS) is 22.7. The summed E-state index contributed by atoms with van der Waals surface area (Å²) in [6.07, 6.45) is 10.1. The Morgan fingerprint density at radius 1 is 0.562 bits per heavy atom. The summed E-state index contributed by atoms with van der Waals surface area (Å²) in [5.41, 5.74) is 6.21. The number of nitrogens with zero attached hydrogens (tertiary/aromatic N) is 2. The van der Waals surface area contributed by atoms with Crippen LogP contribution >= 0.6 is 0 Å². The fourth-order valence-corrected chi connectivity index (χ4v) is 10.2. The maximum absolute atomic E-state index is 14.7. The highest BCUT2D eigenvalue weighted by atomic mass is 16.5. The van der Waals surface area contributed by atoms with Gasteiger partial charge in [-0.15, -0.1) is 0 Å². The predicted octanol–water partition coefficient (Wildman–Crippen LogP) is 9.12. The zero-order chi connectivity index (χ0) is 44.8. The van der Waals surface area contributed by atoms with Crippen LogP contribution in [0.15, 0.2) is 115 Å². The number of amides is 4. The van der Waals surface area contributed by atoms with Crippen molar-refractivity contribution in [2.75, 3.05) is 38.2 Å². The van der Waals surface area contributed by atoms with Crippen LogP contribution in [0.25, 0.3) is 24.3 Å². The van der Waals surface area contributed by atoms with E-state index < -0.39 is 35.5 Å². The highest BCUT2D eigenvalue weighted by Gasteiger charge is 2.62. The van der Waals surface area contributed by atoms with Gasteiger partial charge in [-0.3, -0.25) is 29.0 Å². The number of para-hydroxylation sites is 1. The minimum Gasteiger partial charge on any atom is -0.507 e. The third-order valence-electron chi connectivity index (χ3n) is 13.3. The number of fused-ring (bicyclic) bond motifs is 4. The minimum atomic E-state index is -0.819. The number of carbonyl (C=O) groups is 4. The fourth-order valence-electron chi connectivity index (χ4n) is 10.2. The Labute approximate surface area is 371 Å². The zero-order valence-corrected chi connectivity index (χ0v) is 36.2. The van der Waals surface area contributed by atoms with E-state index in [0.29, 0.717) is 51.9 Å². The number of allylic oxidation sites excluding steroid dienone is 2. The predicted molar refractivity (Wildman–Crippen MR) is 245 cm³/mol. The Kier molecular flexibility index (Phi) is 11.2. The first-order valence-electron chi connectivity index (χ1n) is 21.3. The molecule has 11 heteroatoms. The summed E-state index contributed by atoms with van der Waals surface area (Å²) in [5, 5.41) is 11.6. The summed E-state index contributed by atoms with van der Waals surface area (Å²) >= 11 is 0. The average Bonchev–Trinajstić information content (AvgIpc) is 3.73. The fraction of sp³-hybridized carbons (Fsp3) is 0.245. The Morgan fingerprint density at radius 3 is 1.59 bits per heavy atom. The van der Waals surface area contributed by atoms with E-state index in [1.807, 2.05) is 97.1 Å². The molecule has 0 unspecified atom stereocenters. The number of aromatic hydroxyl groups is 1. The summed E-state index contributed by atoms with van der Waals surface area (Å²) in [7, 11) is 6.42. The average molecular weight is 857 g/mol. The molecule has 11 nitrogen and oxygen atoms in total. The topological polar surface area (TPSA) is 132 Å². The minimum absolute atomic E-state index is 0.0480. The lowest BCUT2D eigenvalue weighted by Gasteiger charge is -2.44. The van der Waals surface area contributed by atoms with E-state index in [1.165, 1.54) is 9.80 Å². The van der Waals surface area contributed by atoms with Crippen LogP contribution in [-0.2, 0) is 19.2 Å². The first kappa shape index (κ1) is 41.9. The Hall–Kier alpha value is -7.40. The molecule has 0 aromatic heterocycles. The number of aryl methyl sites for hydroxylation is 1. The van der Waals surface area contributed by atoms with Crippen LogP contribution in [0.5, 0.6) is 28.7 Å². The second-order valence-corrected chi connectivity index (χ2v) is 16.6. The van der Waals surface area contributed by atoms with Crippen LogP contribution in [0.4, 0.5) is 11.4 Å². The van der Waals surface area contributed by atoms with Crippen molar-refractivity contribution in [3.8, 4) is 28.7 Å². The second-order valence-electron chi connectivity index (χ2n) is 16.6. The number of hydrogen-bond acceptors (Lipinski definition) is 9. The highest BCUT2D eigenvalue weighted by molar-refractivity contribution is 6.24. The largest absolute Gasteiger partial charge is 0.507 e. The molecule has 2 aliphatic carbocycles. The van der Waals surface area contributed by atoms with E-state index >= 15 is 0 Å². The number of ether oxygens (including phenoxy) is 4. The van der Waals surface area contributed by atoms with E-state index in [1.54, 1.807) is 71.8 Å². The highest BCUT2D eigenvalue weighted by Crippen LogP contribution is 2.59. The number of benzene rings is 5. The van der Waals surface area contributed by atoms with Gasteiger partial charge in [-0.25, -0.2) is 0 Å². The van der Waals surface area contributed by atoms with Gasteiger partial charge in [-0.1, -0.05) is 78.4 Å². The van der Waals surface area contributed by atoms with Gasteiger partial charge in [0.15, 0.2) is 0 Å². The third kappa shape index (κ3) is 7.20. The Balaban J connectivity index is 1.00. The first-order chi connectivity index (χ1) is 31.0. The van der Waals surface area contributed by atoms with Crippen LogP contribution in [0.3, 0.4) is 0 Å². The second kappa shape index (κ2) is 17.0. The Bertz CT molecular complexity index is 2770. The first-order valence-corrected chi connectivity index (χ1v) is 21.3. The number of phenols is 1. The van der Waals surface area contributed by atoms with Crippen LogP contribution in [0.2, 0.25) is 0 Å². The molecule has 1 saturated carbocycles. The number of methoxy groups -OCH3 is 4. The van der Waals surface area contributed by atoms with Crippen LogP contribution in [-0.4, -0.2) is 57.2 Å². The molecule has 0 bridgehead atoms. The van der Waals surface area contributed by atoms with Crippen molar-refractivity contribution >= 4 is 59.3 Å². The van der Waals surface area contributed by atoms with Crippen molar-refractivity contribution < 1.29 is 43.2 Å². The number of carbonyl (C=O) groups excluding carboxylic acids is 4. The van der Waals surface area contributed by atoms with Crippen molar-refractivity contribution in [2.24, 2.45) is 29.6 Å². The van der Waals surface area contributed by atoms with Gasteiger partial charge in [0.05, 0.1) is 63.5 Å². The van der Waals surface area contributed by atoms with E-state index in [2.05, 4.69) is 0 Å². The lowest BCUT2D eigenvalue weighted by atomic mass is 9.57. The molecule has 324 valence electrons. The molecule has 3 fully saturated rings. The molecular formula is C53H48N2O9. The van der Waals surface area contributed by atoms with E-state index in [0.717, 1.165) is 27.8 Å². The lowest BCUT2D eigenvalue weighted by Crippen LogP contribution is -2.43. The number of anilines is 2. The van der Waals surface area contributed by atoms with Crippen LogP contribution in [0, 0.1) is 36.5 Å². The maximum Gasteiger partial charge on any atom is 0.238 e. The quantitative estimate of drug-likeness (QED) is 0.0785. The molecule has 2 heterocycles. The molecule has 6 atom stereocenters. The lowest BCUT2D eigenvalue weighted by molar-refractivity contribution is -0.126. The van der Waals surface area contributed by atoms with E-state index in [-0.39, 0.29) is 35.8 Å². The van der Waals surface area contributed by atoms with E-state index in [4.69, 9.17) is 18.9 Å². The van der Waals surface area contributed by atoms with Gasteiger partial charge in [-0.2, -0.15) is 0 Å². The molecule has 0 spiro atoms. The summed E-state index contributed by atoms with van der Waals surface area (Å²) in [6.45, 7) is 1.80. The summed E-state index contributed by atoms with van der Waals surface area (Å²) in [5.74, 6) is -2.71. The molecule has 2 aliphatic heterocycles. The van der Waals surface area contributed by atoms with Crippen molar-refractivity contribution in [2.45, 2.75) is 25.7 Å². The number of rotatable bonds is 11. The number of phenolic OH excluding ortho intramolecular Hbond substituents is 1. The van der Waals surface area contributed by atoms with E-state index in [9.17, 15) is 24.3 Å². The van der Waals surface area contributed by atoms with Crippen LogP contribution < -0.4 is 28.7 Å². The molecular weight excluding hydrogens is 809 g/mol. The molecule has 4 amide bonds. The molecule has 2 saturated heterocycles. The smallest absolute Gasteiger partial charge is 0.238 e. The monoisotopic (exact) mass is 856 g/mol. The van der Waals surface area contributed by atoms with Gasteiger partial charge < -0.3 is 24.1 Å². The maximum atomic E-state index is 14.7. The van der Waals surface area contributed by atoms with Crippen molar-refractivity contribution in [3.63, 3.8) is 0 Å². The van der Waals surface area contributed by atoms with Gasteiger partial charge >= 0.3 is 0 Å². The Morgan fingerprint density at radius 2 is 1.08 bits per heavy atom. The SMILES string of the molecule is COc1ccc(OC)c(C=Cc2ccc(N3C(=O)[C@H]4[C@H](CC=C5[C@H]4C[C@H]4C(=O)N(c6ccc(C=Cc7cc(OC)ccc7OC)cc6)C(=O)[C@H]4[C@H]5c4cccc(C)c4O)C3=O)cc2)c1. The molecule has 5 aromatic rings. The number of imide groups is 2. The zero-order valence-electron chi connectivity index (χ0n) is 36.2.